The third-order valence-electron chi connectivity index (χ3n) is 2.44. The van der Waals surface area contributed by atoms with E-state index in [0.717, 1.165) is 30.2 Å². The molecule has 0 unspecified atom stereocenters. The summed E-state index contributed by atoms with van der Waals surface area (Å²) in [6.07, 6.45) is 2.75. The van der Waals surface area contributed by atoms with Crippen molar-refractivity contribution in [2.24, 2.45) is 0 Å². The van der Waals surface area contributed by atoms with Gasteiger partial charge in [0.25, 0.3) is 0 Å². The zero-order valence-electron chi connectivity index (χ0n) is 9.95. The maximum absolute atomic E-state index is 11.9. The Balaban J connectivity index is 2.71. The summed E-state index contributed by atoms with van der Waals surface area (Å²) in [6, 6.07) is 7.03. The molecule has 1 aromatic carbocycles. The Kier molecular flexibility index (Phi) is 6.16. The van der Waals surface area contributed by atoms with Crippen molar-refractivity contribution in [1.82, 2.24) is 4.72 Å². The van der Waals surface area contributed by atoms with Gasteiger partial charge in [-0.2, -0.15) is 0 Å². The van der Waals surface area contributed by atoms with Crippen LogP contribution in [0.1, 0.15) is 25.3 Å². The molecule has 0 aliphatic heterocycles. The molecule has 0 spiro atoms. The summed E-state index contributed by atoms with van der Waals surface area (Å²) in [5, 5.41) is 0.883. The smallest absolute Gasteiger partial charge is 0.211 e. The van der Waals surface area contributed by atoms with Crippen molar-refractivity contribution < 1.29 is 8.42 Å². The molecule has 0 saturated heterocycles. The Morgan fingerprint density at radius 1 is 1.24 bits per heavy atom. The fourth-order valence-corrected chi connectivity index (χ4v) is 2.94. The first kappa shape index (κ1) is 14.7. The van der Waals surface area contributed by atoms with E-state index in [2.05, 4.69) is 20.7 Å². The van der Waals surface area contributed by atoms with Gasteiger partial charge in [-0.1, -0.05) is 41.4 Å². The molecule has 0 amide bonds. The maximum atomic E-state index is 11.9. The van der Waals surface area contributed by atoms with Crippen LogP contribution in [-0.2, 0) is 16.4 Å². The highest BCUT2D eigenvalue weighted by molar-refractivity contribution is 9.09. The van der Waals surface area contributed by atoms with Crippen molar-refractivity contribution in [3.8, 4) is 0 Å². The summed E-state index contributed by atoms with van der Waals surface area (Å²) in [7, 11) is -3.33. The topological polar surface area (TPSA) is 46.2 Å². The largest absolute Gasteiger partial charge is 0.240 e. The second-order valence-corrected chi connectivity index (χ2v) is 6.39. The van der Waals surface area contributed by atoms with Gasteiger partial charge < -0.3 is 0 Å². The zero-order chi connectivity index (χ0) is 12.7. The van der Waals surface area contributed by atoms with Crippen molar-refractivity contribution in [3.05, 3.63) is 29.8 Å². The molecular weight excluding hydrogens is 302 g/mol. The second-order valence-electron chi connectivity index (χ2n) is 3.83. The highest BCUT2D eigenvalue weighted by atomic mass is 79.9. The molecule has 0 aliphatic rings. The first-order valence-corrected chi connectivity index (χ1v) is 8.35. The van der Waals surface area contributed by atoms with Crippen molar-refractivity contribution in [3.63, 3.8) is 0 Å². The van der Waals surface area contributed by atoms with Gasteiger partial charge in [0.05, 0.1) is 4.90 Å². The lowest BCUT2D eigenvalue weighted by molar-refractivity contribution is 0.578. The molecule has 1 aromatic rings. The number of hydrogen-bond acceptors (Lipinski definition) is 2. The van der Waals surface area contributed by atoms with Crippen LogP contribution < -0.4 is 4.72 Å². The molecule has 1 N–H and O–H groups in total. The van der Waals surface area contributed by atoms with Gasteiger partial charge in [-0.3, -0.25) is 0 Å². The molecule has 0 bridgehead atoms. The summed E-state index contributed by atoms with van der Waals surface area (Å²) in [4.78, 5) is 0.340. The first-order chi connectivity index (χ1) is 8.10. The van der Waals surface area contributed by atoms with Crippen LogP contribution in [-0.4, -0.2) is 20.3 Å². The minimum atomic E-state index is -3.33. The van der Waals surface area contributed by atoms with Gasteiger partial charge in [-0.05, 0) is 30.5 Å². The maximum Gasteiger partial charge on any atom is 0.240 e. The molecular formula is C12H18BrNO2S. The number of halogens is 1. The van der Waals surface area contributed by atoms with E-state index in [0.29, 0.717) is 11.4 Å². The molecule has 1 rings (SSSR count). The van der Waals surface area contributed by atoms with Crippen LogP contribution in [0.5, 0.6) is 0 Å². The summed E-state index contributed by atoms with van der Waals surface area (Å²) >= 11 is 3.36. The standard InChI is InChI=1S/C12H18BrNO2S/c1-2-3-10-14-17(15,16)12-6-4-11(5-7-12)8-9-13/h4-7,14H,2-3,8-10H2,1H3. The van der Waals surface area contributed by atoms with E-state index >= 15 is 0 Å². The Labute approximate surface area is 112 Å². The average Bonchev–Trinajstić information content (AvgIpc) is 2.30. The normalized spacial score (nSPS) is 11.6. The van der Waals surface area contributed by atoms with Crippen molar-refractivity contribution in [2.75, 3.05) is 11.9 Å². The van der Waals surface area contributed by atoms with Crippen molar-refractivity contribution in [1.29, 1.82) is 0 Å². The van der Waals surface area contributed by atoms with Gasteiger partial charge in [0.1, 0.15) is 0 Å². The lowest BCUT2D eigenvalue weighted by Crippen LogP contribution is -2.24. The van der Waals surface area contributed by atoms with Gasteiger partial charge in [0.2, 0.25) is 10.0 Å². The molecule has 0 atom stereocenters. The molecule has 0 heterocycles. The molecule has 17 heavy (non-hydrogen) atoms. The monoisotopic (exact) mass is 319 g/mol. The number of nitrogens with one attached hydrogen (secondary N) is 1. The Bertz CT molecular complexity index is 428. The molecule has 0 aliphatic carbocycles. The Hall–Kier alpha value is -0.390. The van der Waals surface area contributed by atoms with Crippen LogP contribution in [0.2, 0.25) is 0 Å². The second kappa shape index (κ2) is 7.13. The van der Waals surface area contributed by atoms with Crippen LogP contribution in [0.15, 0.2) is 29.2 Å². The van der Waals surface area contributed by atoms with Gasteiger partial charge in [0, 0.05) is 11.9 Å². The van der Waals surface area contributed by atoms with Crippen molar-refractivity contribution in [2.45, 2.75) is 31.1 Å². The average molecular weight is 320 g/mol. The van der Waals surface area contributed by atoms with E-state index in [1.165, 1.54) is 0 Å². The van der Waals surface area contributed by atoms with E-state index < -0.39 is 10.0 Å². The first-order valence-electron chi connectivity index (χ1n) is 5.74. The van der Waals surface area contributed by atoms with E-state index in [9.17, 15) is 8.42 Å². The number of sulfonamides is 1. The SMILES string of the molecule is CCCCNS(=O)(=O)c1ccc(CCBr)cc1. The fourth-order valence-electron chi connectivity index (χ4n) is 1.41. The zero-order valence-corrected chi connectivity index (χ0v) is 12.4. The minimum absolute atomic E-state index is 0.340. The number of aryl methyl sites for hydroxylation is 1. The Morgan fingerprint density at radius 2 is 1.88 bits per heavy atom. The predicted octanol–water partition coefficient (Wildman–Crippen LogP) is 2.70. The van der Waals surface area contributed by atoms with Gasteiger partial charge in [0.15, 0.2) is 0 Å². The van der Waals surface area contributed by atoms with E-state index in [1.807, 2.05) is 19.1 Å². The summed E-state index contributed by atoms with van der Waals surface area (Å²) < 4.78 is 26.3. The van der Waals surface area contributed by atoms with Crippen LogP contribution >= 0.6 is 15.9 Å². The summed E-state index contributed by atoms with van der Waals surface area (Å²) in [6.45, 7) is 2.53. The molecule has 0 radical (unpaired) electrons. The number of rotatable bonds is 7. The molecule has 3 nitrogen and oxygen atoms in total. The summed E-state index contributed by atoms with van der Waals surface area (Å²) in [5.41, 5.74) is 1.13. The number of hydrogen-bond donors (Lipinski definition) is 1. The molecule has 0 fully saturated rings. The quantitative estimate of drug-likeness (QED) is 0.620. The lowest BCUT2D eigenvalue weighted by atomic mass is 10.2. The van der Waals surface area contributed by atoms with Crippen LogP contribution in [0, 0.1) is 0 Å². The van der Waals surface area contributed by atoms with E-state index in [1.54, 1.807) is 12.1 Å². The Morgan fingerprint density at radius 3 is 2.41 bits per heavy atom. The number of alkyl halides is 1. The van der Waals surface area contributed by atoms with Crippen LogP contribution in [0.25, 0.3) is 0 Å². The minimum Gasteiger partial charge on any atom is -0.211 e. The third kappa shape index (κ3) is 4.77. The van der Waals surface area contributed by atoms with Crippen LogP contribution in [0.3, 0.4) is 0 Å². The number of unbranched alkanes of at least 4 members (excludes halogenated alkanes) is 1. The lowest BCUT2D eigenvalue weighted by Gasteiger charge is -2.06. The van der Waals surface area contributed by atoms with Gasteiger partial charge in [-0.15, -0.1) is 0 Å². The highest BCUT2D eigenvalue weighted by Gasteiger charge is 2.12. The fraction of sp³-hybridized carbons (Fsp3) is 0.500. The van der Waals surface area contributed by atoms with E-state index in [4.69, 9.17) is 0 Å². The summed E-state index contributed by atoms with van der Waals surface area (Å²) in [5.74, 6) is 0. The predicted molar refractivity (Wildman–Crippen MR) is 74.0 cm³/mol. The third-order valence-corrected chi connectivity index (χ3v) is 4.31. The van der Waals surface area contributed by atoms with Crippen LogP contribution in [0.4, 0.5) is 0 Å². The molecule has 0 aromatic heterocycles. The molecule has 0 saturated carbocycles. The van der Waals surface area contributed by atoms with Gasteiger partial charge in [-0.25, -0.2) is 13.1 Å². The number of benzene rings is 1. The highest BCUT2D eigenvalue weighted by Crippen LogP contribution is 2.11. The van der Waals surface area contributed by atoms with Crippen molar-refractivity contribution >= 4 is 26.0 Å². The molecule has 5 heteroatoms. The molecule has 96 valence electrons. The van der Waals surface area contributed by atoms with E-state index in [-0.39, 0.29) is 0 Å². The van der Waals surface area contributed by atoms with Gasteiger partial charge >= 0.3 is 0 Å².